The first-order valence-electron chi connectivity index (χ1n) is 10.9. The standard InChI is InChI=1S/C20H37N5O6/c1-3-12(2)16(25-17(27)13-8-6-10-22-13)19(29)23-14(7-4-5-9-21)18(28)24-15(11-26)20(30)31/h12-16,22,26H,3-11,21H2,1-2H3,(H,23,29)(H,24,28)(H,25,27)(H,30,31). The fourth-order valence-electron chi connectivity index (χ4n) is 3.35. The number of rotatable bonds is 14. The first-order chi connectivity index (χ1) is 14.7. The van der Waals surface area contributed by atoms with Crippen molar-refractivity contribution in [2.45, 2.75) is 76.5 Å². The number of hydrogen-bond donors (Lipinski definition) is 7. The molecule has 5 unspecified atom stereocenters. The van der Waals surface area contributed by atoms with Gasteiger partial charge in [-0.15, -0.1) is 0 Å². The van der Waals surface area contributed by atoms with Crippen LogP contribution in [-0.2, 0) is 19.2 Å². The van der Waals surface area contributed by atoms with Gasteiger partial charge in [0.15, 0.2) is 0 Å². The lowest BCUT2D eigenvalue weighted by Gasteiger charge is -2.28. The zero-order chi connectivity index (χ0) is 23.4. The lowest BCUT2D eigenvalue weighted by molar-refractivity contribution is -0.143. The summed E-state index contributed by atoms with van der Waals surface area (Å²) in [6.07, 6.45) is 3.63. The number of unbranched alkanes of at least 4 members (excludes halogenated alkanes) is 1. The molecule has 11 nitrogen and oxygen atoms in total. The number of aliphatic carboxylic acids is 1. The van der Waals surface area contributed by atoms with Crippen molar-refractivity contribution in [2.75, 3.05) is 19.7 Å². The second kappa shape index (κ2) is 13.9. The highest BCUT2D eigenvalue weighted by atomic mass is 16.4. The minimum absolute atomic E-state index is 0.178. The third-order valence-electron chi connectivity index (χ3n) is 5.55. The number of carboxylic acids is 1. The summed E-state index contributed by atoms with van der Waals surface area (Å²) in [5.74, 6) is -3.03. The SMILES string of the molecule is CCC(C)C(NC(=O)C1CCCN1)C(=O)NC(CCCCN)C(=O)NC(CO)C(=O)O. The van der Waals surface area contributed by atoms with Crippen molar-refractivity contribution in [1.29, 1.82) is 0 Å². The van der Waals surface area contributed by atoms with Crippen molar-refractivity contribution in [3.05, 3.63) is 0 Å². The van der Waals surface area contributed by atoms with Crippen molar-refractivity contribution in [3.63, 3.8) is 0 Å². The zero-order valence-electron chi connectivity index (χ0n) is 18.4. The predicted octanol–water partition coefficient (Wildman–Crippen LogP) is -1.56. The number of aliphatic hydroxyl groups is 1. The predicted molar refractivity (Wildman–Crippen MR) is 114 cm³/mol. The van der Waals surface area contributed by atoms with Gasteiger partial charge in [0.05, 0.1) is 12.6 Å². The molecule has 8 N–H and O–H groups in total. The third kappa shape index (κ3) is 8.80. The number of nitrogens with one attached hydrogen (secondary N) is 4. The average molecular weight is 444 g/mol. The molecular formula is C20H37N5O6. The van der Waals surface area contributed by atoms with Crippen molar-refractivity contribution < 1.29 is 29.4 Å². The maximum absolute atomic E-state index is 13.0. The molecule has 0 spiro atoms. The Bertz CT molecular complexity index is 611. The molecule has 0 radical (unpaired) electrons. The highest BCUT2D eigenvalue weighted by Gasteiger charge is 2.33. The second-order valence-electron chi connectivity index (χ2n) is 7.95. The highest BCUT2D eigenvalue weighted by molar-refractivity contribution is 5.94. The van der Waals surface area contributed by atoms with E-state index < -0.39 is 42.5 Å². The monoisotopic (exact) mass is 443 g/mol. The quantitative estimate of drug-likeness (QED) is 0.157. The molecule has 0 aromatic rings. The molecule has 1 aliphatic heterocycles. The van der Waals surface area contributed by atoms with Crippen LogP contribution in [-0.4, -0.2) is 77.8 Å². The van der Waals surface area contributed by atoms with Crippen molar-refractivity contribution in [2.24, 2.45) is 11.7 Å². The molecule has 178 valence electrons. The lowest BCUT2D eigenvalue weighted by Crippen LogP contribution is -2.58. The second-order valence-corrected chi connectivity index (χ2v) is 7.95. The van der Waals surface area contributed by atoms with E-state index >= 15 is 0 Å². The van der Waals surface area contributed by atoms with Crippen LogP contribution in [0.3, 0.4) is 0 Å². The fourth-order valence-corrected chi connectivity index (χ4v) is 3.35. The smallest absolute Gasteiger partial charge is 0.328 e. The van der Waals surface area contributed by atoms with E-state index in [0.717, 1.165) is 13.0 Å². The van der Waals surface area contributed by atoms with Gasteiger partial charge in [0.25, 0.3) is 0 Å². The van der Waals surface area contributed by atoms with Gasteiger partial charge in [-0.2, -0.15) is 0 Å². The van der Waals surface area contributed by atoms with Crippen LogP contribution in [0.25, 0.3) is 0 Å². The van der Waals surface area contributed by atoms with Crippen molar-refractivity contribution >= 4 is 23.7 Å². The minimum atomic E-state index is -1.47. The molecule has 0 bridgehead atoms. The van der Waals surface area contributed by atoms with Gasteiger partial charge in [0, 0.05) is 0 Å². The molecule has 1 rings (SSSR count). The van der Waals surface area contributed by atoms with Crippen LogP contribution in [0, 0.1) is 5.92 Å². The third-order valence-corrected chi connectivity index (χ3v) is 5.55. The van der Waals surface area contributed by atoms with Gasteiger partial charge in [0.1, 0.15) is 18.1 Å². The number of hydrogen-bond acceptors (Lipinski definition) is 7. The summed E-state index contributed by atoms with van der Waals surface area (Å²) in [6.45, 7) is 4.12. The molecule has 0 aliphatic carbocycles. The number of carboxylic acid groups (broad SMARTS) is 1. The average Bonchev–Trinajstić information content (AvgIpc) is 3.29. The van der Waals surface area contributed by atoms with Crippen LogP contribution in [0.15, 0.2) is 0 Å². The number of carbonyl (C=O) groups excluding carboxylic acids is 3. The summed E-state index contributed by atoms with van der Waals surface area (Å²) in [6, 6.07) is -3.66. The molecule has 5 atom stereocenters. The Morgan fingerprint density at radius 1 is 1.10 bits per heavy atom. The molecule has 1 saturated heterocycles. The van der Waals surface area contributed by atoms with E-state index in [1.54, 1.807) is 0 Å². The number of nitrogens with two attached hydrogens (primary N) is 1. The normalized spacial score (nSPS) is 19.7. The van der Waals surface area contributed by atoms with E-state index in [1.807, 2.05) is 13.8 Å². The van der Waals surface area contributed by atoms with Crippen molar-refractivity contribution in [1.82, 2.24) is 21.3 Å². The van der Waals surface area contributed by atoms with Crippen LogP contribution in [0.1, 0.15) is 52.4 Å². The Labute approximate surface area is 182 Å². The summed E-state index contributed by atoms with van der Waals surface area (Å²) in [4.78, 5) is 49.3. The Morgan fingerprint density at radius 2 is 1.77 bits per heavy atom. The lowest BCUT2D eigenvalue weighted by atomic mass is 9.97. The molecule has 0 aromatic heterocycles. The highest BCUT2D eigenvalue weighted by Crippen LogP contribution is 2.12. The Kier molecular flexibility index (Phi) is 12.1. The fraction of sp³-hybridized carbons (Fsp3) is 0.800. The topological polar surface area (TPSA) is 183 Å². The molecule has 1 heterocycles. The Hall–Kier alpha value is -2.24. The molecule has 11 heteroatoms. The summed E-state index contributed by atoms with van der Waals surface area (Å²) in [5, 5.41) is 29.0. The molecule has 1 fully saturated rings. The van der Waals surface area contributed by atoms with E-state index in [2.05, 4.69) is 21.3 Å². The first kappa shape index (κ1) is 26.8. The largest absolute Gasteiger partial charge is 0.480 e. The van der Waals surface area contributed by atoms with Crippen LogP contribution in [0.4, 0.5) is 0 Å². The molecule has 3 amide bonds. The molecule has 0 saturated carbocycles. The molecular weight excluding hydrogens is 406 g/mol. The zero-order valence-corrected chi connectivity index (χ0v) is 18.4. The van der Waals surface area contributed by atoms with Crippen LogP contribution in [0.5, 0.6) is 0 Å². The maximum atomic E-state index is 13.0. The van der Waals surface area contributed by atoms with Gasteiger partial charge in [0.2, 0.25) is 17.7 Å². The van der Waals surface area contributed by atoms with Gasteiger partial charge >= 0.3 is 5.97 Å². The van der Waals surface area contributed by atoms with E-state index in [0.29, 0.717) is 32.2 Å². The summed E-state index contributed by atoms with van der Waals surface area (Å²) in [7, 11) is 0. The molecule has 1 aliphatic rings. The number of amides is 3. The summed E-state index contributed by atoms with van der Waals surface area (Å²) >= 11 is 0. The van der Waals surface area contributed by atoms with Gasteiger partial charge in [-0.3, -0.25) is 14.4 Å². The van der Waals surface area contributed by atoms with Gasteiger partial charge in [-0.05, 0) is 51.1 Å². The summed E-state index contributed by atoms with van der Waals surface area (Å²) in [5.41, 5.74) is 5.50. The van der Waals surface area contributed by atoms with E-state index in [1.165, 1.54) is 0 Å². The maximum Gasteiger partial charge on any atom is 0.328 e. The van der Waals surface area contributed by atoms with Crippen LogP contribution < -0.4 is 27.0 Å². The molecule has 0 aromatic carbocycles. The van der Waals surface area contributed by atoms with E-state index in [-0.39, 0.29) is 24.3 Å². The number of aliphatic hydroxyl groups excluding tert-OH is 1. The van der Waals surface area contributed by atoms with Gasteiger partial charge < -0.3 is 37.2 Å². The van der Waals surface area contributed by atoms with Gasteiger partial charge in [-0.1, -0.05) is 20.3 Å². The molecule has 31 heavy (non-hydrogen) atoms. The van der Waals surface area contributed by atoms with Gasteiger partial charge in [-0.25, -0.2) is 4.79 Å². The summed E-state index contributed by atoms with van der Waals surface area (Å²) < 4.78 is 0. The number of carbonyl (C=O) groups is 4. The van der Waals surface area contributed by atoms with E-state index in [9.17, 15) is 19.2 Å². The van der Waals surface area contributed by atoms with Crippen molar-refractivity contribution in [3.8, 4) is 0 Å². The first-order valence-corrected chi connectivity index (χ1v) is 10.9. The van der Waals surface area contributed by atoms with Crippen LogP contribution >= 0.6 is 0 Å². The Balaban J connectivity index is 2.89. The minimum Gasteiger partial charge on any atom is -0.480 e. The van der Waals surface area contributed by atoms with E-state index in [4.69, 9.17) is 15.9 Å². The Morgan fingerprint density at radius 3 is 2.29 bits per heavy atom. The van der Waals surface area contributed by atoms with Crippen LogP contribution in [0.2, 0.25) is 0 Å².